The highest BCUT2D eigenvalue weighted by atomic mass is 32.1. The van der Waals surface area contributed by atoms with Crippen LogP contribution in [0.4, 0.5) is 5.13 Å². The largest absolute Gasteiger partial charge is 0.459 e. The van der Waals surface area contributed by atoms with E-state index in [4.69, 9.17) is 4.74 Å². The average molecular weight is 415 g/mol. The monoisotopic (exact) mass is 415 g/mol. The quantitative estimate of drug-likeness (QED) is 0.431. The Morgan fingerprint density at radius 2 is 2.07 bits per heavy atom. The van der Waals surface area contributed by atoms with Crippen LogP contribution in [0.3, 0.4) is 0 Å². The van der Waals surface area contributed by atoms with Crippen LogP contribution in [0.2, 0.25) is 0 Å². The molecule has 0 atom stereocenters. The highest BCUT2D eigenvalue weighted by Gasteiger charge is 2.09. The molecule has 0 spiro atoms. The first-order valence-electron chi connectivity index (χ1n) is 9.34. The lowest BCUT2D eigenvalue weighted by molar-refractivity contribution is -0.114. The van der Waals surface area contributed by atoms with Crippen molar-refractivity contribution in [3.8, 4) is 17.3 Å². The number of nitrogens with zero attached hydrogens (tertiary/aromatic N) is 3. The fourth-order valence-corrected chi connectivity index (χ4v) is 4.15. The molecule has 0 saturated carbocycles. The third kappa shape index (κ3) is 3.72. The first-order chi connectivity index (χ1) is 14.6. The molecule has 5 rings (SSSR count). The van der Waals surface area contributed by atoms with Gasteiger partial charge in [-0.15, -0.1) is 0 Å². The Bertz CT molecular complexity index is 1370. The van der Waals surface area contributed by atoms with Crippen molar-refractivity contribution in [1.29, 1.82) is 0 Å². The smallest absolute Gasteiger partial charge is 0.317 e. The van der Waals surface area contributed by atoms with Crippen LogP contribution in [0.5, 0.6) is 6.01 Å². The summed E-state index contributed by atoms with van der Waals surface area (Å²) >= 11 is 1.43. The minimum Gasteiger partial charge on any atom is -0.459 e. The van der Waals surface area contributed by atoms with Gasteiger partial charge in [0.1, 0.15) is 6.61 Å². The number of rotatable bonds is 5. The maximum Gasteiger partial charge on any atom is 0.317 e. The highest BCUT2D eigenvalue weighted by molar-refractivity contribution is 7.22. The predicted molar refractivity (Wildman–Crippen MR) is 118 cm³/mol. The number of carbonyl (C=O) groups is 1. The van der Waals surface area contributed by atoms with E-state index in [9.17, 15) is 4.79 Å². The van der Waals surface area contributed by atoms with Gasteiger partial charge >= 0.3 is 6.01 Å². The van der Waals surface area contributed by atoms with Crippen LogP contribution in [0.15, 0.2) is 60.9 Å². The molecule has 0 fully saturated rings. The van der Waals surface area contributed by atoms with Gasteiger partial charge in [-0.2, -0.15) is 4.98 Å². The summed E-state index contributed by atoms with van der Waals surface area (Å²) in [6, 6.07) is 16.2. The molecule has 7 nitrogen and oxygen atoms in total. The number of hydrogen-bond acceptors (Lipinski definition) is 6. The van der Waals surface area contributed by atoms with E-state index in [-0.39, 0.29) is 5.91 Å². The number of benzene rings is 2. The molecule has 2 aromatic carbocycles. The molecule has 0 aliphatic carbocycles. The Morgan fingerprint density at radius 3 is 2.97 bits per heavy atom. The number of aromatic amines is 1. The van der Waals surface area contributed by atoms with E-state index in [1.54, 1.807) is 6.20 Å². The summed E-state index contributed by atoms with van der Waals surface area (Å²) in [7, 11) is 0. The molecule has 3 aromatic heterocycles. The second-order valence-electron chi connectivity index (χ2n) is 6.80. The molecule has 1 amide bonds. The number of H-pyrrole nitrogens is 1. The molecule has 2 N–H and O–H groups in total. The van der Waals surface area contributed by atoms with Gasteiger partial charge in [0.25, 0.3) is 0 Å². The fraction of sp³-hybridized carbons (Fsp3) is 0.0909. The van der Waals surface area contributed by atoms with Crippen molar-refractivity contribution in [2.45, 2.75) is 13.5 Å². The van der Waals surface area contributed by atoms with Crippen molar-refractivity contribution >= 4 is 43.5 Å². The van der Waals surface area contributed by atoms with Crippen molar-refractivity contribution in [3.63, 3.8) is 0 Å². The summed E-state index contributed by atoms with van der Waals surface area (Å²) < 4.78 is 6.79. The van der Waals surface area contributed by atoms with E-state index in [2.05, 4.69) is 31.3 Å². The predicted octanol–water partition coefficient (Wildman–Crippen LogP) is 4.77. The second-order valence-corrected chi connectivity index (χ2v) is 7.83. The lowest BCUT2D eigenvalue weighted by Crippen LogP contribution is -2.04. The van der Waals surface area contributed by atoms with Gasteiger partial charge in [-0.25, -0.2) is 9.97 Å². The topological polar surface area (TPSA) is 92.8 Å². The zero-order valence-corrected chi connectivity index (χ0v) is 16.9. The zero-order valence-electron chi connectivity index (χ0n) is 16.0. The summed E-state index contributed by atoms with van der Waals surface area (Å²) in [5, 5.41) is 4.45. The third-order valence-electron chi connectivity index (χ3n) is 4.59. The molecule has 0 bridgehead atoms. The number of hydrogen-bond donors (Lipinski definition) is 2. The maximum atomic E-state index is 11.3. The van der Waals surface area contributed by atoms with Gasteiger partial charge in [0, 0.05) is 30.4 Å². The van der Waals surface area contributed by atoms with E-state index < -0.39 is 0 Å². The summed E-state index contributed by atoms with van der Waals surface area (Å²) in [5.74, 6) is -0.137. The molecule has 0 radical (unpaired) electrons. The number of aromatic nitrogens is 4. The molecule has 148 valence electrons. The lowest BCUT2D eigenvalue weighted by Gasteiger charge is -2.07. The van der Waals surface area contributed by atoms with Crippen LogP contribution < -0.4 is 10.1 Å². The van der Waals surface area contributed by atoms with Gasteiger partial charge in [0.2, 0.25) is 5.91 Å². The van der Waals surface area contributed by atoms with E-state index >= 15 is 0 Å². The van der Waals surface area contributed by atoms with Crippen LogP contribution in [0.25, 0.3) is 32.4 Å². The van der Waals surface area contributed by atoms with Crippen LogP contribution in [0, 0.1) is 0 Å². The van der Waals surface area contributed by atoms with Gasteiger partial charge in [-0.1, -0.05) is 23.5 Å². The van der Waals surface area contributed by atoms with Crippen LogP contribution >= 0.6 is 11.3 Å². The van der Waals surface area contributed by atoms with Crippen LogP contribution in [-0.2, 0) is 11.4 Å². The first-order valence-corrected chi connectivity index (χ1v) is 10.2. The summed E-state index contributed by atoms with van der Waals surface area (Å²) in [5.41, 5.74) is 4.67. The van der Waals surface area contributed by atoms with Crippen molar-refractivity contribution in [2.75, 3.05) is 5.32 Å². The Balaban J connectivity index is 1.36. The highest BCUT2D eigenvalue weighted by Crippen LogP contribution is 2.30. The summed E-state index contributed by atoms with van der Waals surface area (Å²) in [4.78, 5) is 27.6. The molecule has 3 heterocycles. The molecular formula is C22H17N5O2S. The minimum absolute atomic E-state index is 0.137. The number of amides is 1. The number of thiazole rings is 1. The van der Waals surface area contributed by atoms with E-state index in [0.717, 1.165) is 37.9 Å². The number of ether oxygens (including phenoxy) is 1. The fourth-order valence-electron chi connectivity index (χ4n) is 3.20. The van der Waals surface area contributed by atoms with Crippen molar-refractivity contribution in [1.82, 2.24) is 19.9 Å². The number of fused-ring (bicyclic) bond motifs is 2. The molecule has 0 aliphatic heterocycles. The number of nitrogens with one attached hydrogen (secondary N) is 2. The molecular weight excluding hydrogens is 398 g/mol. The van der Waals surface area contributed by atoms with E-state index in [1.807, 2.05) is 48.7 Å². The zero-order chi connectivity index (χ0) is 20.5. The standard InChI is InChI=1S/C22H17N5O2S/c1-13(28)25-22-27-19-5-3-15(11-20(19)30-22)18-7-9-24-21(26-18)29-12-14-2-4-17-16(10-14)6-8-23-17/h2-11,23H,12H2,1H3,(H,25,27,28). The lowest BCUT2D eigenvalue weighted by atomic mass is 10.1. The molecule has 0 saturated heterocycles. The third-order valence-corrected chi connectivity index (χ3v) is 5.52. The van der Waals surface area contributed by atoms with Gasteiger partial charge in [-0.05, 0) is 47.3 Å². The van der Waals surface area contributed by atoms with Gasteiger partial charge in [0.15, 0.2) is 5.13 Å². The normalized spacial score (nSPS) is 11.1. The second kappa shape index (κ2) is 7.57. The van der Waals surface area contributed by atoms with Gasteiger partial charge in [0.05, 0.1) is 15.9 Å². The Hall–Kier alpha value is -3.78. The Morgan fingerprint density at radius 1 is 1.13 bits per heavy atom. The Kier molecular flexibility index (Phi) is 4.61. The summed E-state index contributed by atoms with van der Waals surface area (Å²) in [6.07, 6.45) is 3.60. The first kappa shape index (κ1) is 18.3. The van der Waals surface area contributed by atoms with Crippen molar-refractivity contribution < 1.29 is 9.53 Å². The minimum atomic E-state index is -0.137. The number of anilines is 1. The van der Waals surface area contributed by atoms with Crippen LogP contribution in [-0.4, -0.2) is 25.8 Å². The van der Waals surface area contributed by atoms with Crippen LogP contribution in [0.1, 0.15) is 12.5 Å². The molecule has 0 aliphatic rings. The molecule has 30 heavy (non-hydrogen) atoms. The molecule has 0 unspecified atom stereocenters. The summed E-state index contributed by atoms with van der Waals surface area (Å²) in [6.45, 7) is 1.86. The van der Waals surface area contributed by atoms with Crippen molar-refractivity contribution in [3.05, 3.63) is 66.5 Å². The maximum absolute atomic E-state index is 11.3. The van der Waals surface area contributed by atoms with E-state index in [1.165, 1.54) is 18.3 Å². The average Bonchev–Trinajstić information content (AvgIpc) is 3.37. The SMILES string of the molecule is CC(=O)Nc1nc2ccc(-c3ccnc(OCc4ccc5[nH]ccc5c4)n3)cc2s1. The molecule has 5 aromatic rings. The Labute approximate surface area is 175 Å². The van der Waals surface area contributed by atoms with Crippen molar-refractivity contribution in [2.24, 2.45) is 0 Å². The molecule has 8 heteroatoms. The van der Waals surface area contributed by atoms with Gasteiger partial charge < -0.3 is 15.0 Å². The van der Waals surface area contributed by atoms with Gasteiger partial charge in [-0.3, -0.25) is 4.79 Å². The number of carbonyl (C=O) groups excluding carboxylic acids is 1. The van der Waals surface area contributed by atoms with E-state index in [0.29, 0.717) is 17.7 Å².